The summed E-state index contributed by atoms with van der Waals surface area (Å²) in [7, 11) is 3.08. The Kier molecular flexibility index (Phi) is 8.59. The number of nitrogens with zero attached hydrogens (tertiary/aromatic N) is 1. The van der Waals surface area contributed by atoms with E-state index in [9.17, 15) is 9.59 Å². The lowest BCUT2D eigenvalue weighted by atomic mass is 9.86. The Balaban J connectivity index is 1.77. The number of carbonyl (C=O) groups excluding carboxylic acids is 2. The number of halogens is 1. The van der Waals surface area contributed by atoms with E-state index in [0.717, 1.165) is 27.9 Å². The SMILES string of the molecule is COCC(=O)N[C@@H](C)c1ccc(N2C(=O)Cc3cc(OC)c(OC(C)C)cc3[C@H]2c2ccc(Cl)cc2)cc1. The summed E-state index contributed by atoms with van der Waals surface area (Å²) in [4.78, 5) is 27.4. The second kappa shape index (κ2) is 11.9. The van der Waals surface area contributed by atoms with Gasteiger partial charge in [-0.05, 0) is 79.4 Å². The van der Waals surface area contributed by atoms with Gasteiger partial charge in [-0.15, -0.1) is 0 Å². The molecule has 0 radical (unpaired) electrons. The van der Waals surface area contributed by atoms with E-state index in [1.807, 2.05) is 86.3 Å². The average Bonchev–Trinajstić information content (AvgIpc) is 2.88. The summed E-state index contributed by atoms with van der Waals surface area (Å²) >= 11 is 6.20. The topological polar surface area (TPSA) is 77.1 Å². The van der Waals surface area contributed by atoms with Crippen LogP contribution >= 0.6 is 11.6 Å². The highest BCUT2D eigenvalue weighted by Gasteiger charge is 2.36. The lowest BCUT2D eigenvalue weighted by Crippen LogP contribution is -2.41. The number of benzene rings is 3. The zero-order chi connectivity index (χ0) is 27.4. The lowest BCUT2D eigenvalue weighted by molar-refractivity contribution is -0.125. The molecule has 2 atom stereocenters. The molecule has 0 saturated heterocycles. The van der Waals surface area contributed by atoms with Crippen LogP contribution in [0.25, 0.3) is 0 Å². The molecule has 0 saturated carbocycles. The molecule has 0 aromatic heterocycles. The monoisotopic (exact) mass is 536 g/mol. The zero-order valence-corrected chi connectivity index (χ0v) is 23.0. The molecule has 0 aliphatic carbocycles. The Labute approximate surface area is 228 Å². The van der Waals surface area contributed by atoms with Crippen molar-refractivity contribution in [2.75, 3.05) is 25.7 Å². The van der Waals surface area contributed by atoms with E-state index in [2.05, 4.69) is 5.32 Å². The first-order chi connectivity index (χ1) is 18.2. The highest BCUT2D eigenvalue weighted by atomic mass is 35.5. The summed E-state index contributed by atoms with van der Waals surface area (Å²) in [5.74, 6) is 1.00. The molecule has 38 heavy (non-hydrogen) atoms. The minimum Gasteiger partial charge on any atom is -0.493 e. The van der Waals surface area contributed by atoms with Gasteiger partial charge in [-0.25, -0.2) is 0 Å². The molecule has 2 amide bonds. The molecule has 3 aromatic rings. The first kappa shape index (κ1) is 27.5. The molecule has 4 rings (SSSR count). The fraction of sp³-hybridized carbons (Fsp3) is 0.333. The zero-order valence-electron chi connectivity index (χ0n) is 22.3. The van der Waals surface area contributed by atoms with Gasteiger partial charge < -0.3 is 24.4 Å². The first-order valence-electron chi connectivity index (χ1n) is 12.5. The molecule has 0 unspecified atom stereocenters. The van der Waals surface area contributed by atoms with Crippen LogP contribution in [0.15, 0.2) is 60.7 Å². The maximum atomic E-state index is 13.7. The lowest BCUT2D eigenvalue weighted by Gasteiger charge is -2.38. The molecule has 1 N–H and O–H groups in total. The van der Waals surface area contributed by atoms with Crippen molar-refractivity contribution in [1.82, 2.24) is 5.32 Å². The summed E-state index contributed by atoms with van der Waals surface area (Å²) in [6, 6.07) is 18.5. The standard InChI is InChI=1S/C30H33ClN2O5/c1-18(2)38-27-16-25-22(14-26(27)37-5)15-29(35)33(30(25)21-6-10-23(31)11-7-21)24-12-8-20(9-13-24)19(3)32-28(34)17-36-4/h6-14,16,18-19,30H,15,17H2,1-5H3,(H,32,34)/t19-,30+/m0/s1. The van der Waals surface area contributed by atoms with Crippen LogP contribution in [0.2, 0.25) is 5.02 Å². The molecule has 1 aliphatic heterocycles. The quantitative estimate of drug-likeness (QED) is 0.383. The van der Waals surface area contributed by atoms with E-state index in [0.29, 0.717) is 16.5 Å². The van der Waals surface area contributed by atoms with Crippen LogP contribution in [-0.2, 0) is 20.7 Å². The van der Waals surface area contributed by atoms with E-state index in [4.69, 9.17) is 25.8 Å². The number of hydrogen-bond donors (Lipinski definition) is 1. The molecule has 8 heteroatoms. The number of carbonyl (C=O) groups is 2. The third kappa shape index (κ3) is 5.95. The van der Waals surface area contributed by atoms with Gasteiger partial charge in [-0.1, -0.05) is 35.9 Å². The third-order valence-corrected chi connectivity index (χ3v) is 6.71. The van der Waals surface area contributed by atoms with E-state index in [1.54, 1.807) is 7.11 Å². The van der Waals surface area contributed by atoms with Gasteiger partial charge in [0.1, 0.15) is 6.61 Å². The molecule has 0 spiro atoms. The largest absolute Gasteiger partial charge is 0.493 e. The molecular weight excluding hydrogens is 504 g/mol. The summed E-state index contributed by atoms with van der Waals surface area (Å²) < 4.78 is 16.6. The molecule has 7 nitrogen and oxygen atoms in total. The normalized spacial score (nSPS) is 15.7. The summed E-state index contributed by atoms with van der Waals surface area (Å²) in [5, 5.41) is 3.53. The predicted molar refractivity (Wildman–Crippen MR) is 148 cm³/mol. The Morgan fingerprint density at radius 3 is 2.32 bits per heavy atom. The third-order valence-electron chi connectivity index (χ3n) is 6.46. The van der Waals surface area contributed by atoms with Crippen molar-refractivity contribution in [3.05, 3.63) is 87.9 Å². The van der Waals surface area contributed by atoms with Crippen molar-refractivity contribution in [2.45, 2.75) is 45.4 Å². The van der Waals surface area contributed by atoms with Gasteiger partial charge in [0.25, 0.3) is 0 Å². The number of methoxy groups -OCH3 is 2. The summed E-state index contributed by atoms with van der Waals surface area (Å²) in [6.07, 6.45) is 0.180. The van der Waals surface area contributed by atoms with Crippen molar-refractivity contribution in [1.29, 1.82) is 0 Å². The van der Waals surface area contributed by atoms with Crippen molar-refractivity contribution in [2.24, 2.45) is 0 Å². The van der Waals surface area contributed by atoms with Gasteiger partial charge in [0, 0.05) is 17.8 Å². The van der Waals surface area contributed by atoms with Gasteiger partial charge in [-0.2, -0.15) is 0 Å². The predicted octanol–water partition coefficient (Wildman–Crippen LogP) is 5.64. The molecule has 0 bridgehead atoms. The molecule has 1 heterocycles. The number of anilines is 1. The van der Waals surface area contributed by atoms with E-state index in [-0.39, 0.29) is 37.0 Å². The number of nitrogens with one attached hydrogen (secondary N) is 1. The first-order valence-corrected chi connectivity index (χ1v) is 12.9. The fourth-order valence-electron chi connectivity index (χ4n) is 4.75. The van der Waals surface area contributed by atoms with Crippen molar-refractivity contribution in [3.8, 4) is 11.5 Å². The van der Waals surface area contributed by atoms with Crippen molar-refractivity contribution < 1.29 is 23.8 Å². The van der Waals surface area contributed by atoms with Crippen LogP contribution in [0.3, 0.4) is 0 Å². The van der Waals surface area contributed by atoms with Crippen LogP contribution in [-0.4, -0.2) is 38.7 Å². The van der Waals surface area contributed by atoms with Crippen LogP contribution in [0.4, 0.5) is 5.69 Å². The number of rotatable bonds is 9. The minimum absolute atomic E-state index is 0.000180. The van der Waals surface area contributed by atoms with Gasteiger partial charge in [-0.3, -0.25) is 9.59 Å². The second-order valence-electron chi connectivity index (χ2n) is 9.58. The highest BCUT2D eigenvalue weighted by molar-refractivity contribution is 6.30. The van der Waals surface area contributed by atoms with Crippen LogP contribution < -0.4 is 19.7 Å². The van der Waals surface area contributed by atoms with Crippen LogP contribution in [0, 0.1) is 0 Å². The van der Waals surface area contributed by atoms with Crippen molar-refractivity contribution in [3.63, 3.8) is 0 Å². The molecular formula is C30H33ClN2O5. The second-order valence-corrected chi connectivity index (χ2v) is 10.0. The van der Waals surface area contributed by atoms with Crippen LogP contribution in [0.5, 0.6) is 11.5 Å². The Morgan fingerprint density at radius 1 is 1.03 bits per heavy atom. The number of amides is 2. The minimum atomic E-state index is -0.395. The van der Waals surface area contributed by atoms with E-state index >= 15 is 0 Å². The molecule has 3 aromatic carbocycles. The van der Waals surface area contributed by atoms with E-state index in [1.165, 1.54) is 7.11 Å². The van der Waals surface area contributed by atoms with Gasteiger partial charge in [0.05, 0.1) is 31.7 Å². The van der Waals surface area contributed by atoms with Crippen molar-refractivity contribution >= 4 is 29.1 Å². The Morgan fingerprint density at radius 2 is 1.71 bits per heavy atom. The maximum Gasteiger partial charge on any atom is 0.246 e. The molecule has 200 valence electrons. The number of ether oxygens (including phenoxy) is 3. The number of hydrogen-bond acceptors (Lipinski definition) is 5. The van der Waals surface area contributed by atoms with Crippen LogP contribution in [0.1, 0.15) is 55.1 Å². The molecule has 0 fully saturated rings. The maximum absolute atomic E-state index is 13.7. The smallest absolute Gasteiger partial charge is 0.246 e. The van der Waals surface area contributed by atoms with Gasteiger partial charge in [0.2, 0.25) is 11.8 Å². The van der Waals surface area contributed by atoms with Gasteiger partial charge in [0.15, 0.2) is 11.5 Å². The molecule has 1 aliphatic rings. The Bertz CT molecular complexity index is 1290. The number of fused-ring (bicyclic) bond motifs is 1. The fourth-order valence-corrected chi connectivity index (χ4v) is 4.88. The Hall–Kier alpha value is -3.55. The summed E-state index contributed by atoms with van der Waals surface area (Å²) in [5.41, 5.74) is 4.46. The van der Waals surface area contributed by atoms with E-state index < -0.39 is 6.04 Å². The van der Waals surface area contributed by atoms with Gasteiger partial charge >= 0.3 is 0 Å². The average molecular weight is 537 g/mol. The summed E-state index contributed by atoms with van der Waals surface area (Å²) in [6.45, 7) is 5.84. The highest BCUT2D eigenvalue weighted by Crippen LogP contribution is 2.43.